The Bertz CT molecular complexity index is 278. The van der Waals surface area contributed by atoms with Gasteiger partial charge in [0.2, 0.25) is 0 Å². The number of thiocarbonyl (C=S) groups is 1. The zero-order valence-corrected chi connectivity index (χ0v) is 8.97. The van der Waals surface area contributed by atoms with Crippen molar-refractivity contribution in [2.45, 2.75) is 26.2 Å². The molecule has 0 radical (unpaired) electrons. The second-order valence-electron chi connectivity index (χ2n) is 3.02. The largest absolute Gasteiger partial charge is 0.393 e. The van der Waals surface area contributed by atoms with Crippen molar-refractivity contribution in [2.24, 2.45) is 5.73 Å². The quantitative estimate of drug-likeness (QED) is 0.758. The number of thiophene rings is 1. The second-order valence-corrected chi connectivity index (χ2v) is 4.86. The molecule has 0 aliphatic rings. The van der Waals surface area contributed by atoms with Crippen LogP contribution in [-0.4, -0.2) is 4.99 Å². The van der Waals surface area contributed by atoms with Gasteiger partial charge < -0.3 is 5.73 Å². The van der Waals surface area contributed by atoms with E-state index < -0.39 is 0 Å². The summed E-state index contributed by atoms with van der Waals surface area (Å²) in [6.45, 7) is 4.27. The van der Waals surface area contributed by atoms with Crippen LogP contribution in [-0.2, 0) is 0 Å². The van der Waals surface area contributed by atoms with E-state index in [0.29, 0.717) is 10.9 Å². The average Bonchev–Trinajstić information content (AvgIpc) is 2.34. The van der Waals surface area contributed by atoms with E-state index in [1.807, 2.05) is 11.3 Å². The molecule has 66 valence electrons. The molecule has 0 aliphatic carbocycles. The molecule has 3 heteroatoms. The molecule has 0 amide bonds. The van der Waals surface area contributed by atoms with Crippen molar-refractivity contribution in [3.8, 4) is 0 Å². The molecule has 0 fully saturated rings. The van der Waals surface area contributed by atoms with Crippen LogP contribution in [0.15, 0.2) is 12.1 Å². The molecule has 1 heterocycles. The van der Waals surface area contributed by atoms with Crippen molar-refractivity contribution in [3.63, 3.8) is 0 Å². The molecule has 1 aromatic heterocycles. The summed E-state index contributed by atoms with van der Waals surface area (Å²) in [4.78, 5) is 3.33. The highest BCUT2D eigenvalue weighted by molar-refractivity contribution is 7.80. The predicted molar refractivity (Wildman–Crippen MR) is 58.9 cm³/mol. The van der Waals surface area contributed by atoms with Gasteiger partial charge in [-0.15, -0.1) is 11.3 Å². The van der Waals surface area contributed by atoms with Crippen LogP contribution in [0.2, 0.25) is 0 Å². The Balaban J connectivity index is 2.64. The molecular weight excluding hydrogens is 186 g/mol. The van der Waals surface area contributed by atoms with Crippen LogP contribution in [0.1, 0.15) is 29.0 Å². The first-order chi connectivity index (χ1) is 5.59. The number of nitrogens with two attached hydrogens (primary N) is 1. The predicted octanol–water partition coefficient (Wildman–Crippen LogP) is 2.84. The summed E-state index contributed by atoms with van der Waals surface area (Å²) in [5.41, 5.74) is 5.47. The fourth-order valence-electron chi connectivity index (χ4n) is 1.12. The standard InChI is InChI=1S/C9H13NS2/c1-6(5-9(10)11)8-4-3-7(2)12-8/h3-4,6H,5H2,1-2H3,(H2,10,11). The molecule has 0 spiro atoms. The summed E-state index contributed by atoms with van der Waals surface area (Å²) < 4.78 is 0. The fraction of sp³-hybridized carbons (Fsp3) is 0.444. The van der Waals surface area contributed by atoms with Crippen LogP contribution >= 0.6 is 23.6 Å². The summed E-state index contributed by atoms with van der Waals surface area (Å²) in [6, 6.07) is 4.29. The van der Waals surface area contributed by atoms with E-state index in [9.17, 15) is 0 Å². The van der Waals surface area contributed by atoms with Gasteiger partial charge in [0.1, 0.15) is 0 Å². The first-order valence-electron chi connectivity index (χ1n) is 3.94. The number of hydrogen-bond donors (Lipinski definition) is 1. The van der Waals surface area contributed by atoms with Crippen molar-refractivity contribution < 1.29 is 0 Å². The van der Waals surface area contributed by atoms with Gasteiger partial charge in [0.05, 0.1) is 4.99 Å². The summed E-state index contributed by atoms with van der Waals surface area (Å²) in [5, 5.41) is 0. The highest BCUT2D eigenvalue weighted by Gasteiger charge is 2.08. The molecule has 12 heavy (non-hydrogen) atoms. The molecule has 1 rings (SSSR count). The first-order valence-corrected chi connectivity index (χ1v) is 5.16. The Kier molecular flexibility index (Phi) is 3.23. The van der Waals surface area contributed by atoms with E-state index >= 15 is 0 Å². The third-order valence-electron chi connectivity index (χ3n) is 1.75. The van der Waals surface area contributed by atoms with Crippen molar-refractivity contribution in [2.75, 3.05) is 0 Å². The molecule has 0 aliphatic heterocycles. The minimum atomic E-state index is 0.473. The van der Waals surface area contributed by atoms with Crippen molar-refractivity contribution >= 4 is 28.5 Å². The third kappa shape index (κ3) is 2.57. The lowest BCUT2D eigenvalue weighted by atomic mass is 10.1. The van der Waals surface area contributed by atoms with E-state index in [-0.39, 0.29) is 0 Å². The van der Waals surface area contributed by atoms with E-state index in [1.165, 1.54) is 9.75 Å². The Labute approximate surface area is 82.6 Å². The minimum Gasteiger partial charge on any atom is -0.393 e. The van der Waals surface area contributed by atoms with Crippen LogP contribution in [0.4, 0.5) is 0 Å². The van der Waals surface area contributed by atoms with Gasteiger partial charge in [-0.25, -0.2) is 0 Å². The molecule has 0 saturated heterocycles. The number of rotatable bonds is 3. The first kappa shape index (κ1) is 9.68. The van der Waals surface area contributed by atoms with Crippen molar-refractivity contribution in [1.29, 1.82) is 0 Å². The van der Waals surface area contributed by atoms with E-state index in [0.717, 1.165) is 6.42 Å². The lowest BCUT2D eigenvalue weighted by Crippen LogP contribution is -2.10. The summed E-state index contributed by atoms with van der Waals surface area (Å²) >= 11 is 6.68. The van der Waals surface area contributed by atoms with Gasteiger partial charge in [-0.3, -0.25) is 0 Å². The van der Waals surface area contributed by atoms with E-state index in [1.54, 1.807) is 0 Å². The summed E-state index contributed by atoms with van der Waals surface area (Å²) in [5.74, 6) is 0.473. The zero-order valence-electron chi connectivity index (χ0n) is 7.33. The normalized spacial score (nSPS) is 12.8. The second kappa shape index (κ2) is 4.01. The SMILES string of the molecule is Cc1ccc(C(C)CC(N)=S)s1. The Morgan fingerprint density at radius 2 is 2.33 bits per heavy atom. The Morgan fingerprint density at radius 3 is 2.75 bits per heavy atom. The van der Waals surface area contributed by atoms with E-state index in [4.69, 9.17) is 18.0 Å². The van der Waals surface area contributed by atoms with Gasteiger partial charge >= 0.3 is 0 Å². The molecule has 0 saturated carbocycles. The molecule has 0 bridgehead atoms. The Hall–Kier alpha value is -0.410. The van der Waals surface area contributed by atoms with Gasteiger partial charge in [0.25, 0.3) is 0 Å². The minimum absolute atomic E-state index is 0.473. The third-order valence-corrected chi connectivity index (χ3v) is 3.15. The molecular formula is C9H13NS2. The molecule has 1 unspecified atom stereocenters. The van der Waals surface area contributed by atoms with Gasteiger partial charge in [0, 0.05) is 16.2 Å². The van der Waals surface area contributed by atoms with Gasteiger partial charge in [-0.1, -0.05) is 19.1 Å². The molecule has 1 atom stereocenters. The van der Waals surface area contributed by atoms with Crippen LogP contribution in [0.25, 0.3) is 0 Å². The fourth-order valence-corrected chi connectivity index (χ4v) is 2.30. The molecule has 1 nitrogen and oxygen atoms in total. The van der Waals surface area contributed by atoms with Crippen LogP contribution in [0.5, 0.6) is 0 Å². The maximum absolute atomic E-state index is 5.47. The summed E-state index contributed by atoms with van der Waals surface area (Å²) in [7, 11) is 0. The number of aryl methyl sites for hydroxylation is 1. The van der Waals surface area contributed by atoms with Gasteiger partial charge in [-0.05, 0) is 25.0 Å². The molecule has 0 aromatic carbocycles. The highest BCUT2D eigenvalue weighted by atomic mass is 32.1. The topological polar surface area (TPSA) is 26.0 Å². The average molecular weight is 199 g/mol. The molecule has 1 aromatic rings. The smallest absolute Gasteiger partial charge is 0.0733 e. The van der Waals surface area contributed by atoms with E-state index in [2.05, 4.69) is 26.0 Å². The van der Waals surface area contributed by atoms with Crippen LogP contribution in [0.3, 0.4) is 0 Å². The van der Waals surface area contributed by atoms with Gasteiger partial charge in [0.15, 0.2) is 0 Å². The monoisotopic (exact) mass is 199 g/mol. The van der Waals surface area contributed by atoms with Crippen LogP contribution in [0, 0.1) is 6.92 Å². The zero-order chi connectivity index (χ0) is 9.14. The van der Waals surface area contributed by atoms with Gasteiger partial charge in [-0.2, -0.15) is 0 Å². The van der Waals surface area contributed by atoms with Crippen molar-refractivity contribution in [1.82, 2.24) is 0 Å². The van der Waals surface area contributed by atoms with Crippen molar-refractivity contribution in [3.05, 3.63) is 21.9 Å². The van der Waals surface area contributed by atoms with Crippen LogP contribution < -0.4 is 5.73 Å². The maximum atomic E-state index is 5.47. The summed E-state index contributed by atoms with van der Waals surface area (Å²) in [6.07, 6.45) is 0.815. The maximum Gasteiger partial charge on any atom is 0.0733 e. The Morgan fingerprint density at radius 1 is 1.67 bits per heavy atom. The highest BCUT2D eigenvalue weighted by Crippen LogP contribution is 2.26. The lowest BCUT2D eigenvalue weighted by Gasteiger charge is -2.06. The molecule has 2 N–H and O–H groups in total. The lowest BCUT2D eigenvalue weighted by molar-refractivity contribution is 0.826. The number of hydrogen-bond acceptors (Lipinski definition) is 2.